The number of carbonyl (C=O) groups excluding carboxylic acids is 6. The van der Waals surface area contributed by atoms with E-state index >= 15 is 0 Å². The van der Waals surface area contributed by atoms with E-state index in [-0.39, 0.29) is 71.3 Å². The first-order valence-corrected chi connectivity index (χ1v) is 23.9. The molecule has 0 saturated heterocycles. The van der Waals surface area contributed by atoms with Crippen molar-refractivity contribution in [1.82, 2.24) is 30.7 Å². The minimum atomic E-state index is -0.374. The summed E-state index contributed by atoms with van der Waals surface area (Å²) in [5.41, 5.74) is 2.56. The maximum Gasteiger partial charge on any atom is 0.232 e. The lowest BCUT2D eigenvalue weighted by atomic mass is 9.87. The number of hydrogen-bond acceptors (Lipinski definition) is 6. The minimum absolute atomic E-state index is 0.178. The van der Waals surface area contributed by atoms with Crippen molar-refractivity contribution in [2.45, 2.75) is 180 Å². The number of rotatable bonds is 34. The Morgan fingerprint density at radius 1 is 0.484 bits per heavy atom. The number of aryl methyl sites for hydroxylation is 3. The Morgan fingerprint density at radius 3 is 1.05 bits per heavy atom. The molecule has 3 N–H and O–H groups in total. The Labute approximate surface area is 387 Å². The molecule has 2 atom stereocenters. The molecule has 1 aromatic rings. The van der Waals surface area contributed by atoms with Crippen LogP contribution in [-0.4, -0.2) is 108 Å². The van der Waals surface area contributed by atoms with E-state index in [1.165, 1.54) is 16.7 Å². The van der Waals surface area contributed by atoms with Gasteiger partial charge in [-0.1, -0.05) is 64.1 Å². The zero-order valence-electron chi connectivity index (χ0n) is 41.4. The van der Waals surface area contributed by atoms with Gasteiger partial charge in [-0.2, -0.15) is 0 Å². The topological polar surface area (TPSA) is 148 Å². The molecule has 1 rings (SSSR count). The van der Waals surface area contributed by atoms with Crippen LogP contribution in [0.2, 0.25) is 0 Å². The highest BCUT2D eigenvalue weighted by atomic mass is 16.2. The summed E-state index contributed by atoms with van der Waals surface area (Å²) >= 11 is 0. The summed E-state index contributed by atoms with van der Waals surface area (Å²) in [6, 6.07) is 6.71. The maximum absolute atomic E-state index is 13.0. The molecule has 12 heteroatoms. The second-order valence-electron chi connectivity index (χ2n) is 18.1. The van der Waals surface area contributed by atoms with Crippen LogP contribution in [0.4, 0.5) is 0 Å². The Bertz CT molecular complexity index is 1610. The second-order valence-corrected chi connectivity index (χ2v) is 18.1. The highest BCUT2D eigenvalue weighted by molar-refractivity contribution is 5.98. The van der Waals surface area contributed by atoms with Gasteiger partial charge in [-0.15, -0.1) is 19.7 Å². The number of benzene rings is 1. The SMILES string of the molecule is C=CCC(C)(CC)N(C)C(=O)CC(=O)NCCCCc1cc(CCCCNC(=O)CC(=O)N(C)C(C)(CC)CC=C)cc(CCCCNC(=O)CC(=O)N(C)C(CC)(CC)CC=C)c1. The second kappa shape index (κ2) is 29.7. The van der Waals surface area contributed by atoms with Crippen molar-refractivity contribution in [3.63, 3.8) is 0 Å². The summed E-state index contributed by atoms with van der Waals surface area (Å²) in [5, 5.41) is 8.78. The maximum atomic E-state index is 13.0. The molecule has 0 fully saturated rings. The number of carbonyl (C=O) groups is 6. The van der Waals surface area contributed by atoms with Gasteiger partial charge in [0.2, 0.25) is 35.4 Å². The fraction of sp³-hybridized carbons (Fsp3) is 0.654. The molecule has 2 unspecified atom stereocenters. The van der Waals surface area contributed by atoms with Gasteiger partial charge < -0.3 is 30.7 Å². The van der Waals surface area contributed by atoms with Gasteiger partial charge in [-0.05, 0) is 133 Å². The lowest BCUT2D eigenvalue weighted by molar-refractivity contribution is -0.141. The molecule has 0 aliphatic carbocycles. The van der Waals surface area contributed by atoms with Crippen molar-refractivity contribution in [3.05, 3.63) is 72.9 Å². The van der Waals surface area contributed by atoms with E-state index in [9.17, 15) is 28.8 Å². The Balaban J connectivity index is 2.83. The van der Waals surface area contributed by atoms with Crippen LogP contribution in [0.25, 0.3) is 0 Å². The molecule has 12 nitrogen and oxygen atoms in total. The number of unbranched alkanes of at least 4 members (excludes halogenated alkanes) is 3. The third-order valence-corrected chi connectivity index (χ3v) is 13.7. The molecule has 0 aromatic heterocycles. The standard InChI is InChI=1S/C52H86N6O6/c1-13-29-50(8,16-4)56(10)47(62)38-44(59)53-32-23-20-26-41-35-42(27-21-24-33-54-45(60)39-48(63)57(11)51(9,17-5)30-14-2)37-43(36-41)28-22-25-34-55-46(61)40-49(64)58(12)52(18-6,19-7)31-15-3/h13-15,35-37H,1-3,16-34,38-40H2,4-12H3,(H,53,59)(H,54,60)(H,55,61). The van der Waals surface area contributed by atoms with E-state index in [1.54, 1.807) is 48.0 Å². The number of nitrogens with one attached hydrogen (secondary N) is 3. The van der Waals surface area contributed by atoms with Crippen LogP contribution in [0.5, 0.6) is 0 Å². The van der Waals surface area contributed by atoms with Crippen molar-refractivity contribution in [2.24, 2.45) is 0 Å². The molecule has 0 bridgehead atoms. The molecule has 1 aromatic carbocycles. The molecular weight excluding hydrogens is 805 g/mol. The van der Waals surface area contributed by atoms with Gasteiger partial charge in [-0.3, -0.25) is 28.8 Å². The van der Waals surface area contributed by atoms with Crippen molar-refractivity contribution in [2.75, 3.05) is 40.8 Å². The van der Waals surface area contributed by atoms with Gasteiger partial charge in [-0.25, -0.2) is 0 Å². The summed E-state index contributed by atoms with van der Waals surface area (Å²) in [6.45, 7) is 25.1. The monoisotopic (exact) mass is 891 g/mol. The average Bonchev–Trinajstić information content (AvgIpc) is 3.26. The van der Waals surface area contributed by atoms with Crippen molar-refractivity contribution >= 4 is 35.4 Å². The zero-order valence-corrected chi connectivity index (χ0v) is 41.4. The van der Waals surface area contributed by atoms with Gasteiger partial charge in [0.05, 0.1) is 0 Å². The van der Waals surface area contributed by atoms with E-state index in [0.29, 0.717) is 38.9 Å². The number of hydrogen-bond donors (Lipinski definition) is 3. The Kier molecular flexibility index (Phi) is 26.5. The molecule has 0 saturated carbocycles. The number of nitrogens with zero attached hydrogens (tertiary/aromatic N) is 3. The fourth-order valence-corrected chi connectivity index (χ4v) is 8.22. The largest absolute Gasteiger partial charge is 0.356 e. The van der Waals surface area contributed by atoms with Crippen LogP contribution in [-0.2, 0) is 48.0 Å². The highest BCUT2D eigenvalue weighted by Gasteiger charge is 2.34. The molecule has 0 aliphatic rings. The van der Waals surface area contributed by atoms with Crippen LogP contribution in [0.1, 0.15) is 161 Å². The van der Waals surface area contributed by atoms with Crippen LogP contribution >= 0.6 is 0 Å². The molecule has 0 aliphatic heterocycles. The Morgan fingerprint density at radius 2 is 0.781 bits per heavy atom. The van der Waals surface area contributed by atoms with E-state index < -0.39 is 0 Å². The summed E-state index contributed by atoms with van der Waals surface area (Å²) in [5.74, 6) is -1.41. The molecule has 0 radical (unpaired) electrons. The predicted octanol–water partition coefficient (Wildman–Crippen LogP) is 8.17. The quantitative estimate of drug-likeness (QED) is 0.0362. The van der Waals surface area contributed by atoms with Crippen molar-refractivity contribution in [3.8, 4) is 0 Å². The summed E-state index contributed by atoms with van der Waals surface area (Å²) < 4.78 is 0. The molecule has 360 valence electrons. The highest BCUT2D eigenvalue weighted by Crippen LogP contribution is 2.28. The molecule has 0 spiro atoms. The molecule has 64 heavy (non-hydrogen) atoms. The smallest absolute Gasteiger partial charge is 0.232 e. The normalized spacial score (nSPS) is 13.1. The lowest BCUT2D eigenvalue weighted by Crippen LogP contribution is -2.49. The summed E-state index contributed by atoms with van der Waals surface area (Å²) in [6.07, 6.45) is 17.4. The Hall–Kier alpha value is -4.74. The first kappa shape index (κ1) is 57.3. The number of amides is 6. The van der Waals surface area contributed by atoms with E-state index in [1.807, 2.05) is 33.8 Å². The van der Waals surface area contributed by atoms with Crippen molar-refractivity contribution < 1.29 is 28.8 Å². The molecule has 0 heterocycles. The van der Waals surface area contributed by atoms with Crippen LogP contribution < -0.4 is 16.0 Å². The van der Waals surface area contributed by atoms with Gasteiger partial charge in [0.15, 0.2) is 0 Å². The summed E-state index contributed by atoms with van der Waals surface area (Å²) in [7, 11) is 5.28. The average molecular weight is 891 g/mol. The first-order valence-electron chi connectivity index (χ1n) is 23.9. The van der Waals surface area contributed by atoms with E-state index in [0.717, 1.165) is 83.5 Å². The van der Waals surface area contributed by atoms with Gasteiger partial charge in [0.1, 0.15) is 19.3 Å². The van der Waals surface area contributed by atoms with Crippen LogP contribution in [0.15, 0.2) is 56.2 Å². The molecule has 6 amide bonds. The zero-order chi connectivity index (χ0) is 48.3. The predicted molar refractivity (Wildman–Crippen MR) is 262 cm³/mol. The third-order valence-electron chi connectivity index (χ3n) is 13.7. The van der Waals surface area contributed by atoms with Crippen LogP contribution in [0, 0.1) is 0 Å². The van der Waals surface area contributed by atoms with Crippen molar-refractivity contribution in [1.29, 1.82) is 0 Å². The lowest BCUT2D eigenvalue weighted by Gasteiger charge is -2.40. The fourth-order valence-electron chi connectivity index (χ4n) is 8.22. The third kappa shape index (κ3) is 19.2. The van der Waals surface area contributed by atoms with E-state index in [4.69, 9.17) is 0 Å². The summed E-state index contributed by atoms with van der Waals surface area (Å²) in [4.78, 5) is 81.8. The van der Waals surface area contributed by atoms with Gasteiger partial charge >= 0.3 is 0 Å². The van der Waals surface area contributed by atoms with Crippen LogP contribution in [0.3, 0.4) is 0 Å². The van der Waals surface area contributed by atoms with Gasteiger partial charge in [0, 0.05) is 57.4 Å². The minimum Gasteiger partial charge on any atom is -0.356 e. The first-order chi connectivity index (χ1) is 30.3. The molecular formula is C52H86N6O6. The van der Waals surface area contributed by atoms with E-state index in [2.05, 4.69) is 67.7 Å². The van der Waals surface area contributed by atoms with Gasteiger partial charge in [0.25, 0.3) is 0 Å².